The van der Waals surface area contributed by atoms with Gasteiger partial charge in [-0.05, 0) is 44.7 Å². The molecule has 3 aromatic heterocycles. The Morgan fingerprint density at radius 2 is 1.94 bits per heavy atom. The Morgan fingerprint density at radius 3 is 2.65 bits per heavy atom. The number of imidazole rings is 1. The molecule has 10 nitrogen and oxygen atoms in total. The molecule has 0 radical (unpaired) electrons. The maximum atomic E-state index is 12.7. The molecule has 3 heterocycles. The van der Waals surface area contributed by atoms with Gasteiger partial charge in [-0.15, -0.1) is 11.3 Å². The normalized spacial score (nSPS) is 18.1. The summed E-state index contributed by atoms with van der Waals surface area (Å²) in [7, 11) is 0. The van der Waals surface area contributed by atoms with Crippen LogP contribution in [-0.2, 0) is 4.79 Å². The highest BCUT2D eigenvalue weighted by Gasteiger charge is 2.29. The molecule has 0 bridgehead atoms. The summed E-state index contributed by atoms with van der Waals surface area (Å²) < 4.78 is 2.02. The minimum Gasteiger partial charge on any atom is -0.382 e. The molecule has 34 heavy (non-hydrogen) atoms. The first-order chi connectivity index (χ1) is 16.4. The van der Waals surface area contributed by atoms with Gasteiger partial charge in [-0.2, -0.15) is 0 Å². The Hall–Kier alpha value is -3.86. The van der Waals surface area contributed by atoms with Crippen molar-refractivity contribution in [3.05, 3.63) is 47.2 Å². The van der Waals surface area contributed by atoms with Crippen LogP contribution < -0.4 is 16.8 Å². The predicted octanol–water partition coefficient (Wildman–Crippen LogP) is 3.31. The zero-order valence-corrected chi connectivity index (χ0v) is 19.4. The van der Waals surface area contributed by atoms with Crippen LogP contribution >= 0.6 is 11.3 Å². The van der Waals surface area contributed by atoms with E-state index in [9.17, 15) is 9.59 Å². The van der Waals surface area contributed by atoms with Crippen LogP contribution in [0.15, 0.2) is 36.0 Å². The summed E-state index contributed by atoms with van der Waals surface area (Å²) in [6.07, 6.45) is 4.89. The molecule has 5 N–H and O–H groups in total. The van der Waals surface area contributed by atoms with Crippen LogP contribution in [0.1, 0.15) is 47.8 Å². The first-order valence-electron chi connectivity index (χ1n) is 11.0. The molecule has 0 saturated heterocycles. The van der Waals surface area contributed by atoms with Crippen LogP contribution in [0, 0.1) is 12.8 Å². The standard InChI is InChI=1S/C23H24N8O2S/c1-12-10-34-23(27-12)30-22(33)13-5-7-16(8-6-13)31-11-26-17-18(24)28-20(29-21(17)31)15-4-2-3-14(9-15)19(25)32/h2-4,9-11,13,16H,5-8H2,1H3,(H2,25,32)(H2,24,28,29)(H,27,30,33)/t13-,16-. The minimum absolute atomic E-state index is 0.0199. The molecule has 4 aromatic rings. The van der Waals surface area contributed by atoms with E-state index in [1.807, 2.05) is 22.9 Å². The van der Waals surface area contributed by atoms with E-state index in [-0.39, 0.29) is 23.7 Å². The highest BCUT2D eigenvalue weighted by Crippen LogP contribution is 2.35. The van der Waals surface area contributed by atoms with E-state index in [0.29, 0.717) is 33.2 Å². The second kappa shape index (κ2) is 8.82. The quantitative estimate of drug-likeness (QED) is 0.399. The van der Waals surface area contributed by atoms with Gasteiger partial charge in [-0.25, -0.2) is 19.9 Å². The Kier molecular flexibility index (Phi) is 5.70. The van der Waals surface area contributed by atoms with Crippen molar-refractivity contribution >= 4 is 45.3 Å². The minimum atomic E-state index is -0.522. The van der Waals surface area contributed by atoms with Gasteiger partial charge in [0, 0.05) is 28.5 Å². The zero-order chi connectivity index (χ0) is 23.8. The van der Waals surface area contributed by atoms with E-state index in [1.165, 1.54) is 11.3 Å². The highest BCUT2D eigenvalue weighted by molar-refractivity contribution is 7.13. The number of thiazole rings is 1. The summed E-state index contributed by atoms with van der Waals surface area (Å²) in [5.41, 5.74) is 14.7. The monoisotopic (exact) mass is 476 g/mol. The van der Waals surface area contributed by atoms with Crippen molar-refractivity contribution in [1.29, 1.82) is 0 Å². The molecule has 1 fully saturated rings. The molecule has 1 aromatic carbocycles. The lowest BCUT2D eigenvalue weighted by Crippen LogP contribution is -2.28. The topological polar surface area (TPSA) is 155 Å². The first-order valence-corrected chi connectivity index (χ1v) is 11.9. The Bertz CT molecular complexity index is 1390. The van der Waals surface area contributed by atoms with Gasteiger partial charge in [-0.3, -0.25) is 9.59 Å². The van der Waals surface area contributed by atoms with E-state index >= 15 is 0 Å². The maximum Gasteiger partial charge on any atom is 0.248 e. The molecule has 5 rings (SSSR count). The Morgan fingerprint density at radius 1 is 1.15 bits per heavy atom. The van der Waals surface area contributed by atoms with Gasteiger partial charge in [0.15, 0.2) is 22.4 Å². The van der Waals surface area contributed by atoms with Crippen LogP contribution in [-0.4, -0.2) is 36.3 Å². The Balaban J connectivity index is 1.36. The molecule has 0 unspecified atom stereocenters. The molecule has 2 amide bonds. The van der Waals surface area contributed by atoms with Gasteiger partial charge in [-0.1, -0.05) is 12.1 Å². The number of fused-ring (bicyclic) bond motifs is 1. The van der Waals surface area contributed by atoms with Crippen molar-refractivity contribution in [2.45, 2.75) is 38.6 Å². The van der Waals surface area contributed by atoms with E-state index in [1.54, 1.807) is 24.5 Å². The molecule has 0 atom stereocenters. The molecule has 1 saturated carbocycles. The van der Waals surface area contributed by atoms with Gasteiger partial charge in [0.1, 0.15) is 5.52 Å². The van der Waals surface area contributed by atoms with Gasteiger partial charge in [0.2, 0.25) is 11.8 Å². The SMILES string of the molecule is Cc1csc(NC(=O)[C@H]2CC[C@H](n3cnc4c(N)nc(-c5cccc(C(N)=O)c5)nc43)CC2)n1. The number of aromatic nitrogens is 5. The lowest BCUT2D eigenvalue weighted by atomic mass is 9.85. The van der Waals surface area contributed by atoms with Crippen LogP contribution in [0.5, 0.6) is 0 Å². The third-order valence-corrected chi connectivity index (χ3v) is 7.04. The van der Waals surface area contributed by atoms with Crippen LogP contribution in [0.25, 0.3) is 22.6 Å². The number of benzene rings is 1. The number of carbonyl (C=O) groups is 2. The number of primary amides is 1. The van der Waals surface area contributed by atoms with E-state index in [0.717, 1.165) is 31.4 Å². The van der Waals surface area contributed by atoms with Crippen molar-refractivity contribution in [2.24, 2.45) is 11.7 Å². The molecule has 11 heteroatoms. The lowest BCUT2D eigenvalue weighted by molar-refractivity contribution is -0.121. The number of nitrogens with zero attached hydrogens (tertiary/aromatic N) is 5. The summed E-state index contributed by atoms with van der Waals surface area (Å²) in [5, 5.41) is 5.50. The summed E-state index contributed by atoms with van der Waals surface area (Å²) in [5.74, 6) is 0.122. The fraction of sp³-hybridized carbons (Fsp3) is 0.304. The molecule has 1 aliphatic carbocycles. The van der Waals surface area contributed by atoms with Gasteiger partial charge >= 0.3 is 0 Å². The number of amides is 2. The number of hydrogen-bond acceptors (Lipinski definition) is 8. The number of rotatable bonds is 5. The molecule has 174 valence electrons. The van der Waals surface area contributed by atoms with Crippen LogP contribution in [0.4, 0.5) is 10.9 Å². The van der Waals surface area contributed by atoms with Crippen LogP contribution in [0.3, 0.4) is 0 Å². The fourth-order valence-corrected chi connectivity index (χ4v) is 5.07. The van der Waals surface area contributed by atoms with E-state index < -0.39 is 5.91 Å². The molecule has 0 aliphatic heterocycles. The third-order valence-electron chi connectivity index (χ3n) is 6.16. The second-order valence-corrected chi connectivity index (χ2v) is 9.35. The third kappa shape index (κ3) is 4.21. The number of nitrogen functional groups attached to an aromatic ring is 1. The number of carbonyl (C=O) groups excluding carboxylic acids is 2. The van der Waals surface area contributed by atoms with Crippen molar-refractivity contribution in [2.75, 3.05) is 11.1 Å². The number of hydrogen-bond donors (Lipinski definition) is 3. The molecule has 1 aliphatic rings. The molecule has 0 spiro atoms. The van der Waals surface area contributed by atoms with Crippen molar-refractivity contribution in [1.82, 2.24) is 24.5 Å². The molecular weight excluding hydrogens is 452 g/mol. The average Bonchev–Trinajstić information content (AvgIpc) is 3.45. The Labute approximate surface area is 199 Å². The summed E-state index contributed by atoms with van der Waals surface area (Å²) in [4.78, 5) is 42.1. The lowest BCUT2D eigenvalue weighted by Gasteiger charge is -2.28. The average molecular weight is 477 g/mol. The highest BCUT2D eigenvalue weighted by atomic mass is 32.1. The molecular formula is C23H24N8O2S. The number of anilines is 2. The van der Waals surface area contributed by atoms with Crippen LogP contribution in [0.2, 0.25) is 0 Å². The number of nitrogens with two attached hydrogens (primary N) is 2. The zero-order valence-electron chi connectivity index (χ0n) is 18.6. The smallest absolute Gasteiger partial charge is 0.248 e. The largest absolute Gasteiger partial charge is 0.382 e. The van der Waals surface area contributed by atoms with Crippen molar-refractivity contribution in [3.63, 3.8) is 0 Å². The van der Waals surface area contributed by atoms with E-state index in [4.69, 9.17) is 16.5 Å². The summed E-state index contributed by atoms with van der Waals surface area (Å²) >= 11 is 1.44. The fourth-order valence-electron chi connectivity index (χ4n) is 4.38. The number of nitrogens with one attached hydrogen (secondary N) is 1. The first kappa shape index (κ1) is 22.0. The van der Waals surface area contributed by atoms with E-state index in [2.05, 4.69) is 20.3 Å². The second-order valence-electron chi connectivity index (χ2n) is 8.49. The van der Waals surface area contributed by atoms with Crippen molar-refractivity contribution < 1.29 is 9.59 Å². The summed E-state index contributed by atoms with van der Waals surface area (Å²) in [6.45, 7) is 1.91. The maximum absolute atomic E-state index is 12.7. The predicted molar refractivity (Wildman–Crippen MR) is 130 cm³/mol. The van der Waals surface area contributed by atoms with Gasteiger partial charge in [0.25, 0.3) is 0 Å². The van der Waals surface area contributed by atoms with Gasteiger partial charge in [0.05, 0.1) is 12.0 Å². The summed E-state index contributed by atoms with van der Waals surface area (Å²) in [6, 6.07) is 6.98. The van der Waals surface area contributed by atoms with Crippen molar-refractivity contribution in [3.8, 4) is 11.4 Å². The van der Waals surface area contributed by atoms with Gasteiger partial charge < -0.3 is 21.4 Å². The number of aryl methyl sites for hydroxylation is 1.